The second-order valence-electron chi connectivity index (χ2n) is 11.0. The number of amides is 1. The summed E-state index contributed by atoms with van der Waals surface area (Å²) < 4.78 is 33.7. The first-order chi connectivity index (χ1) is 20.9. The number of carbonyl (C=O) groups excluding carboxylic acids is 1. The Bertz CT molecular complexity index is 1890. The highest BCUT2D eigenvalue weighted by atomic mass is 32.2. The zero-order chi connectivity index (χ0) is 29.6. The number of nitrogen functional groups attached to an aromatic ring is 1. The summed E-state index contributed by atoms with van der Waals surface area (Å²) in [5, 5.41) is 4.08. The number of nitrogens with two attached hydrogens (primary N) is 1. The predicted molar refractivity (Wildman–Crippen MR) is 166 cm³/mol. The molecule has 2 aromatic heterocycles. The molecule has 43 heavy (non-hydrogen) atoms. The fourth-order valence-electron chi connectivity index (χ4n) is 6.29. The van der Waals surface area contributed by atoms with E-state index in [2.05, 4.69) is 34.6 Å². The largest absolute Gasteiger partial charge is 0.448 e. The van der Waals surface area contributed by atoms with E-state index in [1.165, 1.54) is 38.6 Å². The van der Waals surface area contributed by atoms with Crippen LogP contribution in [0.5, 0.6) is 0 Å². The normalized spacial score (nSPS) is 16.6. The lowest BCUT2D eigenvalue weighted by atomic mass is 9.98. The van der Waals surface area contributed by atoms with Crippen molar-refractivity contribution < 1.29 is 17.9 Å². The third-order valence-electron chi connectivity index (χ3n) is 8.37. The molecule has 2 aliphatic rings. The van der Waals surface area contributed by atoms with Crippen molar-refractivity contribution in [1.82, 2.24) is 13.9 Å². The van der Waals surface area contributed by atoms with Gasteiger partial charge in [0.2, 0.25) is 0 Å². The zero-order valence-electron chi connectivity index (χ0n) is 23.4. The van der Waals surface area contributed by atoms with Crippen LogP contribution < -0.4 is 11.1 Å². The summed E-state index contributed by atoms with van der Waals surface area (Å²) in [6, 6.07) is 26.4. The Morgan fingerprint density at radius 3 is 2.35 bits per heavy atom. The van der Waals surface area contributed by atoms with E-state index in [1.54, 1.807) is 41.3 Å². The lowest BCUT2D eigenvalue weighted by Gasteiger charge is -2.33. The van der Waals surface area contributed by atoms with Crippen LogP contribution in [0.2, 0.25) is 0 Å². The number of likely N-dealkylation sites (tertiary alicyclic amines) is 1. The quantitative estimate of drug-likeness (QED) is 0.260. The number of nitrogens with one attached hydrogen (secondary N) is 1. The highest BCUT2D eigenvalue weighted by Gasteiger charge is 2.31. The molecule has 1 atom stereocenters. The predicted octanol–water partition coefficient (Wildman–Crippen LogP) is 5.68. The third-order valence-corrected chi connectivity index (χ3v) is 10.1. The molecule has 9 nitrogen and oxygen atoms in total. The molecule has 1 aliphatic heterocycles. The van der Waals surface area contributed by atoms with E-state index in [0.717, 1.165) is 12.8 Å². The minimum absolute atomic E-state index is 0.00355. The van der Waals surface area contributed by atoms with Crippen molar-refractivity contribution in [1.29, 1.82) is 0 Å². The molecular weight excluding hydrogens is 562 g/mol. The molecule has 5 aromatic rings. The van der Waals surface area contributed by atoms with E-state index >= 15 is 0 Å². The number of pyridine rings is 1. The summed E-state index contributed by atoms with van der Waals surface area (Å²) in [5.41, 5.74) is 12.3. The molecule has 1 saturated heterocycles. The molecule has 0 spiro atoms. The van der Waals surface area contributed by atoms with Gasteiger partial charge in [0.15, 0.2) is 5.65 Å². The van der Waals surface area contributed by atoms with Crippen LogP contribution in [0.1, 0.15) is 29.9 Å². The van der Waals surface area contributed by atoms with Crippen LogP contribution in [0.15, 0.2) is 102 Å². The van der Waals surface area contributed by atoms with Crippen molar-refractivity contribution in [2.45, 2.75) is 29.7 Å². The number of piperidine rings is 1. The molecule has 0 saturated carbocycles. The average molecular weight is 594 g/mol. The van der Waals surface area contributed by atoms with Crippen LogP contribution in [-0.2, 0) is 14.8 Å². The number of aromatic nitrogens is 2. The van der Waals surface area contributed by atoms with Gasteiger partial charge >= 0.3 is 6.09 Å². The van der Waals surface area contributed by atoms with Gasteiger partial charge in [0, 0.05) is 36.6 Å². The molecule has 1 amide bonds. The van der Waals surface area contributed by atoms with Crippen molar-refractivity contribution in [2.24, 2.45) is 0 Å². The number of benzene rings is 3. The van der Waals surface area contributed by atoms with Crippen molar-refractivity contribution in [3.8, 4) is 11.1 Å². The molecule has 3 aromatic carbocycles. The van der Waals surface area contributed by atoms with Crippen LogP contribution in [-0.4, -0.2) is 54.1 Å². The molecule has 1 aliphatic carbocycles. The first kappa shape index (κ1) is 27.0. The van der Waals surface area contributed by atoms with E-state index in [-0.39, 0.29) is 35.2 Å². The lowest BCUT2D eigenvalue weighted by Crippen LogP contribution is -2.45. The smallest absolute Gasteiger partial charge is 0.409 e. The number of fused-ring (bicyclic) bond motifs is 4. The van der Waals surface area contributed by atoms with Crippen LogP contribution in [0.4, 0.5) is 16.2 Å². The molecule has 10 heteroatoms. The molecule has 7 rings (SSSR count). The van der Waals surface area contributed by atoms with Crippen LogP contribution in [0.3, 0.4) is 0 Å². The first-order valence-electron chi connectivity index (χ1n) is 14.3. The minimum Gasteiger partial charge on any atom is -0.448 e. The Hall–Kier alpha value is -4.83. The summed E-state index contributed by atoms with van der Waals surface area (Å²) in [7, 11) is -3.84. The minimum atomic E-state index is -3.84. The van der Waals surface area contributed by atoms with Crippen molar-refractivity contribution in [3.63, 3.8) is 0 Å². The molecule has 3 N–H and O–H groups in total. The van der Waals surface area contributed by atoms with Crippen molar-refractivity contribution >= 4 is 38.5 Å². The van der Waals surface area contributed by atoms with Gasteiger partial charge in [0.05, 0.1) is 22.5 Å². The number of carbonyl (C=O) groups is 1. The summed E-state index contributed by atoms with van der Waals surface area (Å²) in [4.78, 5) is 19.5. The summed E-state index contributed by atoms with van der Waals surface area (Å²) in [6.45, 7) is 1.30. The molecule has 3 heterocycles. The van der Waals surface area contributed by atoms with Crippen LogP contribution in [0.25, 0.3) is 22.2 Å². The number of ether oxygens (including phenoxy) is 1. The maximum atomic E-state index is 13.3. The molecular formula is C33H31N5O4S. The number of hydrogen-bond donors (Lipinski definition) is 2. The van der Waals surface area contributed by atoms with Crippen molar-refractivity contribution in [2.75, 3.05) is 30.7 Å². The Morgan fingerprint density at radius 2 is 1.63 bits per heavy atom. The molecule has 218 valence electrons. The molecule has 0 radical (unpaired) electrons. The average Bonchev–Trinajstić information content (AvgIpc) is 3.62. The number of hydrogen-bond acceptors (Lipinski definition) is 7. The summed E-state index contributed by atoms with van der Waals surface area (Å²) in [6.07, 6.45) is 4.22. The Balaban J connectivity index is 1.07. The van der Waals surface area contributed by atoms with E-state index in [1.807, 2.05) is 24.3 Å². The molecule has 1 unspecified atom stereocenters. The van der Waals surface area contributed by atoms with Gasteiger partial charge in [-0.3, -0.25) is 0 Å². The van der Waals surface area contributed by atoms with Gasteiger partial charge in [-0.1, -0.05) is 66.7 Å². The highest BCUT2D eigenvalue weighted by Crippen LogP contribution is 2.44. The Morgan fingerprint density at radius 1 is 0.953 bits per heavy atom. The topological polar surface area (TPSA) is 120 Å². The number of anilines is 2. The van der Waals surface area contributed by atoms with E-state index in [0.29, 0.717) is 29.9 Å². The molecule has 1 fully saturated rings. The van der Waals surface area contributed by atoms with Gasteiger partial charge in [-0.25, -0.2) is 22.2 Å². The Kier molecular flexibility index (Phi) is 6.78. The van der Waals surface area contributed by atoms with Crippen LogP contribution in [0, 0.1) is 0 Å². The number of rotatable bonds is 6. The first-order valence-corrected chi connectivity index (χ1v) is 15.8. The van der Waals surface area contributed by atoms with Gasteiger partial charge in [0.1, 0.15) is 6.61 Å². The second kappa shape index (κ2) is 10.8. The van der Waals surface area contributed by atoms with E-state index < -0.39 is 10.0 Å². The maximum absolute atomic E-state index is 13.3. The summed E-state index contributed by atoms with van der Waals surface area (Å²) >= 11 is 0. The highest BCUT2D eigenvalue weighted by molar-refractivity contribution is 7.90. The fraction of sp³-hybridized carbons (Fsp3) is 0.212. The number of nitrogens with zero attached hydrogens (tertiary/aromatic N) is 3. The lowest BCUT2D eigenvalue weighted by molar-refractivity contribution is 0.0909. The fourth-order valence-corrected chi connectivity index (χ4v) is 7.61. The van der Waals surface area contributed by atoms with Gasteiger partial charge in [-0.2, -0.15) is 0 Å². The van der Waals surface area contributed by atoms with Crippen molar-refractivity contribution in [3.05, 3.63) is 108 Å². The maximum Gasteiger partial charge on any atom is 0.409 e. The van der Waals surface area contributed by atoms with E-state index in [9.17, 15) is 13.2 Å². The van der Waals surface area contributed by atoms with Gasteiger partial charge in [0.25, 0.3) is 10.0 Å². The summed E-state index contributed by atoms with van der Waals surface area (Å²) in [5.74, 6) is -0.00355. The second-order valence-corrected chi connectivity index (χ2v) is 12.8. The van der Waals surface area contributed by atoms with Gasteiger partial charge in [-0.05, 0) is 53.3 Å². The molecule has 0 bridgehead atoms. The zero-order valence-corrected chi connectivity index (χ0v) is 24.2. The monoisotopic (exact) mass is 593 g/mol. The van der Waals surface area contributed by atoms with Gasteiger partial charge < -0.3 is 20.7 Å². The van der Waals surface area contributed by atoms with Crippen LogP contribution >= 0.6 is 0 Å². The standard InChI is InChI=1S/C33H31N5O4S/c34-30-19-35-32-28(16-18-38(32)43(40,41)23-10-2-1-3-11-23)31(30)36-22-9-8-17-37(20-22)33(39)42-21-29-26-14-6-4-12-24(26)25-13-5-7-15-27(25)29/h1-7,10-16,18-19,22,29H,8-9,17,20-21,34H2,(H,35,36). The third kappa shape index (κ3) is 4.77. The van der Waals surface area contributed by atoms with E-state index in [4.69, 9.17) is 10.5 Å². The van der Waals surface area contributed by atoms with Gasteiger partial charge in [-0.15, -0.1) is 0 Å². The SMILES string of the molecule is Nc1cnc2c(ccn2S(=O)(=O)c2ccccc2)c1NC1CCCN(C(=O)OCC2c3ccccc3-c3ccccc32)C1. The Labute approximate surface area is 250 Å².